The van der Waals surface area contributed by atoms with Crippen molar-refractivity contribution < 1.29 is 5.11 Å². The van der Waals surface area contributed by atoms with Crippen molar-refractivity contribution in [3.63, 3.8) is 0 Å². The van der Waals surface area contributed by atoms with Crippen LogP contribution in [0.1, 0.15) is 19.0 Å². The lowest BCUT2D eigenvalue weighted by molar-refractivity contribution is 0.146. The third-order valence-electron chi connectivity index (χ3n) is 3.71. The molecule has 1 aliphatic heterocycles. The van der Waals surface area contributed by atoms with Crippen molar-refractivity contribution in [1.82, 2.24) is 20.0 Å². The van der Waals surface area contributed by atoms with Crippen LogP contribution in [-0.4, -0.2) is 76.1 Å². The third kappa shape index (κ3) is 5.19. The van der Waals surface area contributed by atoms with Gasteiger partial charge in [0.25, 0.3) is 0 Å². The molecule has 0 amide bonds. The van der Waals surface area contributed by atoms with E-state index >= 15 is 0 Å². The molecule has 2 heterocycles. The van der Waals surface area contributed by atoms with E-state index in [0.29, 0.717) is 30.5 Å². The minimum atomic E-state index is 0.177. The molecule has 0 saturated carbocycles. The molecule has 0 unspecified atom stereocenters. The van der Waals surface area contributed by atoms with Crippen molar-refractivity contribution in [2.24, 2.45) is 10.7 Å². The lowest BCUT2D eigenvalue weighted by Crippen LogP contribution is -2.49. The van der Waals surface area contributed by atoms with Crippen molar-refractivity contribution >= 4 is 23.6 Å². The maximum absolute atomic E-state index is 8.95. The molecule has 8 heteroatoms. The van der Waals surface area contributed by atoms with Gasteiger partial charge >= 0.3 is 0 Å². The fraction of sp³-hybridized carbons (Fsp3) is 0.533. The van der Waals surface area contributed by atoms with Gasteiger partial charge < -0.3 is 15.7 Å². The van der Waals surface area contributed by atoms with Crippen LogP contribution in [0.25, 0.3) is 6.08 Å². The number of aliphatic hydroxyl groups excluding tert-OH is 1. The molecule has 126 valence electrons. The topological polar surface area (TPSA) is 118 Å². The minimum absolute atomic E-state index is 0.177. The summed E-state index contributed by atoms with van der Waals surface area (Å²) in [5, 5.41) is 24.0. The molecule has 0 aromatic carbocycles. The lowest BCUT2D eigenvalue weighted by Gasteiger charge is -2.35. The third-order valence-corrected chi connectivity index (χ3v) is 3.71. The van der Waals surface area contributed by atoms with Gasteiger partial charge in [0.05, 0.1) is 18.7 Å². The molecule has 0 atom stereocenters. The highest BCUT2D eigenvalue weighted by molar-refractivity contribution is 6.01. The SMILES string of the molecule is C/C=C/c1cc(N=C(N)CC(=N)N2CCN(CCO)CC2)n[nH]1. The van der Waals surface area contributed by atoms with E-state index in [9.17, 15) is 0 Å². The Bertz CT molecular complexity index is 570. The highest BCUT2D eigenvalue weighted by Gasteiger charge is 2.19. The van der Waals surface area contributed by atoms with E-state index in [-0.39, 0.29) is 6.61 Å². The number of β-amino-alcohol motifs (C(OH)–C–C–N with tert-alkyl or cyclic N) is 1. The maximum Gasteiger partial charge on any atom is 0.175 e. The van der Waals surface area contributed by atoms with Gasteiger partial charge in [-0.2, -0.15) is 5.10 Å². The quantitative estimate of drug-likeness (QED) is 0.447. The molecule has 1 aromatic rings. The van der Waals surface area contributed by atoms with Crippen LogP contribution < -0.4 is 5.73 Å². The zero-order valence-corrected chi connectivity index (χ0v) is 13.5. The molecular weight excluding hydrogens is 294 g/mol. The van der Waals surface area contributed by atoms with Crippen LogP contribution in [0.4, 0.5) is 5.82 Å². The summed E-state index contributed by atoms with van der Waals surface area (Å²) < 4.78 is 0. The first-order chi connectivity index (χ1) is 11.1. The van der Waals surface area contributed by atoms with Gasteiger partial charge in [0.1, 0.15) is 11.7 Å². The van der Waals surface area contributed by atoms with Crippen molar-refractivity contribution in [1.29, 1.82) is 5.41 Å². The van der Waals surface area contributed by atoms with Crippen LogP contribution in [0, 0.1) is 5.41 Å². The van der Waals surface area contributed by atoms with E-state index in [1.807, 2.05) is 30.0 Å². The number of allylic oxidation sites excluding steroid dienone is 1. The van der Waals surface area contributed by atoms with Gasteiger partial charge in [-0.05, 0) is 13.0 Å². The first-order valence-electron chi connectivity index (χ1n) is 7.79. The Morgan fingerprint density at radius 1 is 1.48 bits per heavy atom. The van der Waals surface area contributed by atoms with Gasteiger partial charge in [0.2, 0.25) is 0 Å². The summed E-state index contributed by atoms with van der Waals surface area (Å²) in [6, 6.07) is 1.81. The monoisotopic (exact) mass is 319 g/mol. The van der Waals surface area contributed by atoms with Crippen LogP contribution in [0.5, 0.6) is 0 Å². The number of hydrogen-bond acceptors (Lipinski definition) is 5. The zero-order valence-electron chi connectivity index (χ0n) is 13.5. The Hall–Kier alpha value is -2.19. The Balaban J connectivity index is 1.85. The fourth-order valence-corrected chi connectivity index (χ4v) is 2.50. The fourth-order valence-electron chi connectivity index (χ4n) is 2.50. The van der Waals surface area contributed by atoms with Gasteiger partial charge in [-0.25, -0.2) is 4.99 Å². The van der Waals surface area contributed by atoms with E-state index in [4.69, 9.17) is 16.2 Å². The number of piperazine rings is 1. The summed E-state index contributed by atoms with van der Waals surface area (Å²) in [6.45, 7) is 6.06. The summed E-state index contributed by atoms with van der Waals surface area (Å²) >= 11 is 0. The van der Waals surface area contributed by atoms with E-state index in [1.54, 1.807) is 0 Å². The van der Waals surface area contributed by atoms with Crippen molar-refractivity contribution in [3.05, 3.63) is 17.8 Å². The number of aliphatic imine (C=N–C) groups is 1. The van der Waals surface area contributed by atoms with Gasteiger partial charge in [-0.15, -0.1) is 0 Å². The molecule has 1 saturated heterocycles. The Morgan fingerprint density at radius 3 is 2.87 bits per heavy atom. The molecule has 2 rings (SSSR count). The van der Waals surface area contributed by atoms with Crippen LogP contribution in [0.2, 0.25) is 0 Å². The number of nitrogens with one attached hydrogen (secondary N) is 2. The molecule has 23 heavy (non-hydrogen) atoms. The smallest absolute Gasteiger partial charge is 0.175 e. The second-order valence-electron chi connectivity index (χ2n) is 5.46. The van der Waals surface area contributed by atoms with Crippen LogP contribution in [0.3, 0.4) is 0 Å². The largest absolute Gasteiger partial charge is 0.395 e. The zero-order chi connectivity index (χ0) is 16.7. The van der Waals surface area contributed by atoms with Crippen molar-refractivity contribution in [2.45, 2.75) is 13.3 Å². The number of hydrogen-bond donors (Lipinski definition) is 4. The molecule has 0 spiro atoms. The van der Waals surface area contributed by atoms with Crippen LogP contribution in [0.15, 0.2) is 17.1 Å². The molecule has 1 aliphatic rings. The first-order valence-corrected chi connectivity index (χ1v) is 7.79. The molecule has 1 fully saturated rings. The van der Waals surface area contributed by atoms with E-state index in [1.165, 1.54) is 0 Å². The average Bonchev–Trinajstić information content (AvgIpc) is 2.95. The second kappa shape index (κ2) is 8.44. The predicted octanol–water partition coefficient (Wildman–Crippen LogP) is 0.409. The number of amidine groups is 2. The van der Waals surface area contributed by atoms with Gasteiger partial charge in [-0.3, -0.25) is 15.4 Å². The average molecular weight is 319 g/mol. The van der Waals surface area contributed by atoms with Crippen molar-refractivity contribution in [3.8, 4) is 0 Å². The van der Waals surface area contributed by atoms with E-state index < -0.39 is 0 Å². The number of nitrogens with two attached hydrogens (primary N) is 1. The van der Waals surface area contributed by atoms with Gasteiger partial charge in [0.15, 0.2) is 5.82 Å². The molecular formula is C15H25N7O. The van der Waals surface area contributed by atoms with E-state index in [2.05, 4.69) is 20.1 Å². The summed E-state index contributed by atoms with van der Waals surface area (Å²) in [6.07, 6.45) is 4.12. The molecule has 0 bridgehead atoms. The normalized spacial score (nSPS) is 17.1. The van der Waals surface area contributed by atoms with Gasteiger partial charge in [0, 0.05) is 38.8 Å². The maximum atomic E-state index is 8.95. The molecule has 0 aliphatic carbocycles. The highest BCUT2D eigenvalue weighted by Crippen LogP contribution is 2.11. The molecule has 5 N–H and O–H groups in total. The summed E-state index contributed by atoms with van der Waals surface area (Å²) in [5.74, 6) is 1.38. The number of aromatic amines is 1. The number of rotatable bonds is 6. The number of aromatic nitrogens is 2. The first kappa shape index (κ1) is 17.2. The lowest BCUT2D eigenvalue weighted by atomic mass is 10.2. The summed E-state index contributed by atoms with van der Waals surface area (Å²) in [4.78, 5) is 8.44. The highest BCUT2D eigenvalue weighted by atomic mass is 16.3. The standard InChI is InChI=1S/C15H25N7O/c1-2-3-12-10-15(20-19-12)18-13(16)11-14(17)22-6-4-21(5-7-22)8-9-23/h2-3,10,17,23H,4-9,11H2,1H3,(H3,16,18,19,20)/b3-2+,17-14?. The second-order valence-corrected chi connectivity index (χ2v) is 5.46. The predicted molar refractivity (Wildman–Crippen MR) is 92.0 cm³/mol. The number of aliphatic hydroxyl groups is 1. The Labute approximate surface area is 136 Å². The van der Waals surface area contributed by atoms with Gasteiger partial charge in [-0.1, -0.05) is 6.08 Å². The summed E-state index contributed by atoms with van der Waals surface area (Å²) in [5.41, 5.74) is 6.81. The number of nitrogens with zero attached hydrogens (tertiary/aromatic N) is 4. The minimum Gasteiger partial charge on any atom is -0.395 e. The summed E-state index contributed by atoms with van der Waals surface area (Å²) in [7, 11) is 0. The molecule has 8 nitrogen and oxygen atoms in total. The van der Waals surface area contributed by atoms with E-state index in [0.717, 1.165) is 31.9 Å². The Kier molecular flexibility index (Phi) is 6.30. The molecule has 0 radical (unpaired) electrons. The van der Waals surface area contributed by atoms with Crippen molar-refractivity contribution in [2.75, 3.05) is 39.3 Å². The van der Waals surface area contributed by atoms with Crippen LogP contribution in [-0.2, 0) is 0 Å². The number of H-pyrrole nitrogens is 1. The molecule has 1 aromatic heterocycles. The van der Waals surface area contributed by atoms with Crippen LogP contribution >= 0.6 is 0 Å². The Morgan fingerprint density at radius 2 is 2.22 bits per heavy atom.